The average Bonchev–Trinajstić information content (AvgIpc) is 3.52. The minimum atomic E-state index is -0.00564. The van der Waals surface area contributed by atoms with Gasteiger partial charge in [-0.05, 0) is 101 Å². The second-order valence-electron chi connectivity index (χ2n) is 14.5. The van der Waals surface area contributed by atoms with Crippen LogP contribution >= 0.6 is 0 Å². The molecular weight excluding hydrogens is 577 g/mol. The number of rotatable bonds is 4. The largest absolute Gasteiger partial charge is 0.0619 e. The van der Waals surface area contributed by atoms with Gasteiger partial charge in [0.2, 0.25) is 0 Å². The van der Waals surface area contributed by atoms with Crippen LogP contribution < -0.4 is 0 Å². The van der Waals surface area contributed by atoms with E-state index in [0.29, 0.717) is 0 Å². The normalized spacial score (nSPS) is 14.6. The predicted octanol–water partition coefficient (Wildman–Crippen LogP) is 13.0. The Morgan fingerprint density at radius 3 is 1.04 bits per heavy atom. The molecule has 0 aliphatic heterocycles. The maximum atomic E-state index is 2.36. The smallest absolute Gasteiger partial charge is 0.0159 e. The van der Waals surface area contributed by atoms with Crippen LogP contribution in [0.4, 0.5) is 0 Å². The van der Waals surface area contributed by atoms with Gasteiger partial charge >= 0.3 is 0 Å². The first-order valence-corrected chi connectivity index (χ1v) is 17.1. The van der Waals surface area contributed by atoms with Crippen LogP contribution in [0.3, 0.4) is 0 Å². The second-order valence-corrected chi connectivity index (χ2v) is 14.5. The molecule has 0 aromatic heterocycles. The van der Waals surface area contributed by atoms with Crippen molar-refractivity contribution in [1.82, 2.24) is 0 Å². The van der Waals surface area contributed by atoms with E-state index in [-0.39, 0.29) is 10.8 Å². The zero-order chi connectivity index (χ0) is 32.6. The van der Waals surface area contributed by atoms with Gasteiger partial charge in [-0.25, -0.2) is 0 Å². The Morgan fingerprint density at radius 2 is 0.604 bits per heavy atom. The topological polar surface area (TPSA) is 0 Å². The quantitative estimate of drug-likeness (QED) is 0.185. The molecule has 2 aliphatic carbocycles. The lowest BCUT2D eigenvalue weighted by Gasteiger charge is -2.21. The van der Waals surface area contributed by atoms with E-state index < -0.39 is 0 Å². The van der Waals surface area contributed by atoms with Crippen molar-refractivity contribution < 1.29 is 0 Å². The zero-order valence-electron chi connectivity index (χ0n) is 28.0. The second kappa shape index (κ2) is 10.5. The summed E-state index contributed by atoms with van der Waals surface area (Å²) in [4.78, 5) is 0. The lowest BCUT2D eigenvalue weighted by Crippen LogP contribution is -2.14. The number of hydrogen-bond acceptors (Lipinski definition) is 0. The molecule has 0 bridgehead atoms. The molecule has 0 nitrogen and oxygen atoms in total. The molecule has 7 aromatic carbocycles. The molecule has 0 saturated heterocycles. The first-order valence-electron chi connectivity index (χ1n) is 17.1. The number of benzene rings is 7. The Kier molecular flexibility index (Phi) is 6.30. The van der Waals surface area contributed by atoms with Crippen molar-refractivity contribution in [2.24, 2.45) is 0 Å². The van der Waals surface area contributed by atoms with E-state index in [9.17, 15) is 0 Å². The Balaban J connectivity index is 1.06. The Hall–Kier alpha value is -5.46. The molecule has 0 saturated carbocycles. The van der Waals surface area contributed by atoms with Crippen LogP contribution in [0, 0.1) is 0 Å². The molecule has 230 valence electrons. The van der Waals surface area contributed by atoms with Crippen LogP contribution in [0.1, 0.15) is 49.9 Å². The van der Waals surface area contributed by atoms with Crippen molar-refractivity contribution >= 4 is 0 Å². The highest BCUT2D eigenvalue weighted by molar-refractivity contribution is 5.94. The molecule has 0 heteroatoms. The van der Waals surface area contributed by atoms with Gasteiger partial charge in [-0.15, -0.1) is 0 Å². The van der Waals surface area contributed by atoms with Gasteiger partial charge in [-0.3, -0.25) is 0 Å². The van der Waals surface area contributed by atoms with E-state index in [4.69, 9.17) is 0 Å². The summed E-state index contributed by atoms with van der Waals surface area (Å²) >= 11 is 0. The number of fused-ring (bicyclic) bond motifs is 6. The Labute approximate surface area is 284 Å². The summed E-state index contributed by atoms with van der Waals surface area (Å²) < 4.78 is 0. The van der Waals surface area contributed by atoms with Crippen LogP contribution in [0.25, 0.3) is 66.8 Å². The lowest BCUT2D eigenvalue weighted by atomic mass is 9.82. The van der Waals surface area contributed by atoms with Crippen molar-refractivity contribution in [3.05, 3.63) is 180 Å². The molecule has 0 heterocycles. The van der Waals surface area contributed by atoms with Gasteiger partial charge in [-0.1, -0.05) is 173 Å². The summed E-state index contributed by atoms with van der Waals surface area (Å²) in [6, 6.07) is 58.6. The zero-order valence-corrected chi connectivity index (χ0v) is 28.0. The highest BCUT2D eigenvalue weighted by atomic mass is 14.4. The van der Waals surface area contributed by atoms with Crippen LogP contribution in [0.2, 0.25) is 0 Å². The molecule has 0 fully saturated rings. The fraction of sp³-hybridized carbons (Fsp3) is 0.125. The van der Waals surface area contributed by atoms with Crippen LogP contribution in [0.15, 0.2) is 158 Å². The number of hydrogen-bond donors (Lipinski definition) is 0. The van der Waals surface area contributed by atoms with Gasteiger partial charge < -0.3 is 0 Å². The Morgan fingerprint density at radius 1 is 0.271 bits per heavy atom. The first kappa shape index (κ1) is 28.7. The minimum absolute atomic E-state index is 0.00564. The molecule has 7 aromatic rings. The molecule has 0 N–H and O–H groups in total. The third-order valence-electron chi connectivity index (χ3n) is 11.1. The molecule has 0 unspecified atom stereocenters. The highest BCUT2D eigenvalue weighted by Gasteiger charge is 2.37. The fourth-order valence-corrected chi connectivity index (χ4v) is 8.58. The van der Waals surface area contributed by atoms with Crippen LogP contribution in [0.5, 0.6) is 0 Å². The van der Waals surface area contributed by atoms with Gasteiger partial charge in [0.05, 0.1) is 0 Å². The molecule has 0 atom stereocenters. The van der Waals surface area contributed by atoms with E-state index in [2.05, 4.69) is 185 Å². The minimum Gasteiger partial charge on any atom is -0.0619 e. The molecule has 2 aliphatic rings. The summed E-state index contributed by atoms with van der Waals surface area (Å²) in [5, 5.41) is 0. The van der Waals surface area contributed by atoms with Gasteiger partial charge in [0, 0.05) is 10.8 Å². The van der Waals surface area contributed by atoms with E-state index in [1.54, 1.807) is 0 Å². The molecule has 0 spiro atoms. The van der Waals surface area contributed by atoms with Crippen molar-refractivity contribution in [1.29, 1.82) is 0 Å². The van der Waals surface area contributed by atoms with Gasteiger partial charge in [0.15, 0.2) is 0 Å². The van der Waals surface area contributed by atoms with E-state index >= 15 is 0 Å². The molecule has 0 radical (unpaired) electrons. The van der Waals surface area contributed by atoms with Crippen molar-refractivity contribution in [3.8, 4) is 66.8 Å². The van der Waals surface area contributed by atoms with Gasteiger partial charge in [0.1, 0.15) is 0 Å². The van der Waals surface area contributed by atoms with E-state index in [0.717, 1.165) is 0 Å². The van der Waals surface area contributed by atoms with E-state index in [1.165, 1.54) is 89.0 Å². The van der Waals surface area contributed by atoms with E-state index in [1.807, 2.05) is 0 Å². The van der Waals surface area contributed by atoms with Gasteiger partial charge in [0.25, 0.3) is 0 Å². The summed E-state index contributed by atoms with van der Waals surface area (Å²) in [5.74, 6) is 0. The summed E-state index contributed by atoms with van der Waals surface area (Å²) in [6.07, 6.45) is 0. The van der Waals surface area contributed by atoms with Crippen molar-refractivity contribution in [2.75, 3.05) is 0 Å². The monoisotopic (exact) mass is 614 g/mol. The highest BCUT2D eigenvalue weighted by Crippen LogP contribution is 2.53. The Bertz CT molecular complexity index is 2210. The van der Waals surface area contributed by atoms with Crippen molar-refractivity contribution in [3.63, 3.8) is 0 Å². The third kappa shape index (κ3) is 4.22. The maximum absolute atomic E-state index is 2.36. The van der Waals surface area contributed by atoms with Crippen LogP contribution in [-0.2, 0) is 10.8 Å². The van der Waals surface area contributed by atoms with Crippen LogP contribution in [-0.4, -0.2) is 0 Å². The predicted molar refractivity (Wildman–Crippen MR) is 203 cm³/mol. The summed E-state index contributed by atoms with van der Waals surface area (Å²) in [5.41, 5.74) is 21.1. The molecule has 48 heavy (non-hydrogen) atoms. The fourth-order valence-electron chi connectivity index (χ4n) is 8.58. The standard InChI is InChI=1S/C48H38/c1-47(2)41-21-7-5-17-39(41)45-37(19-11-23-43(45)47)35-15-9-13-33(29-35)31-25-27-32(28-26-31)34-14-10-16-36(30-34)38-20-12-24-44-46(38)40-18-6-8-22-42(40)48(44,3)4/h5-30H,1-4H3. The SMILES string of the molecule is CC1(C)c2ccccc2-c2c(-c3cccc(-c4ccc(-c5cccc(-c6cccc7c6-c6ccccc6C7(C)C)c5)cc4)c3)cccc21. The summed E-state index contributed by atoms with van der Waals surface area (Å²) in [7, 11) is 0. The van der Waals surface area contributed by atoms with Gasteiger partial charge in [-0.2, -0.15) is 0 Å². The lowest BCUT2D eigenvalue weighted by molar-refractivity contribution is 0.660. The molecular formula is C48H38. The summed E-state index contributed by atoms with van der Waals surface area (Å²) in [6.45, 7) is 9.39. The first-order chi connectivity index (χ1) is 23.3. The average molecular weight is 615 g/mol. The maximum Gasteiger partial charge on any atom is 0.0159 e. The third-order valence-corrected chi connectivity index (χ3v) is 11.1. The van der Waals surface area contributed by atoms with Crippen molar-refractivity contribution in [2.45, 2.75) is 38.5 Å². The molecule has 0 amide bonds. The molecule has 9 rings (SSSR count).